The number of hydrogen-bond donors (Lipinski definition) is 2. The molecule has 28 heavy (non-hydrogen) atoms. The van der Waals surface area contributed by atoms with Gasteiger partial charge in [-0.2, -0.15) is 5.10 Å². The molecule has 7 heteroatoms. The van der Waals surface area contributed by atoms with Gasteiger partial charge in [0.25, 0.3) is 0 Å². The Labute approximate surface area is 167 Å². The Morgan fingerprint density at radius 1 is 1.00 bits per heavy atom. The maximum atomic E-state index is 6.05. The maximum Gasteiger partial charge on any atom is 0.184 e. The van der Waals surface area contributed by atoms with Crippen LogP contribution in [0.4, 0.5) is 5.13 Å². The second-order valence-corrected chi connectivity index (χ2v) is 8.16. The summed E-state index contributed by atoms with van der Waals surface area (Å²) in [5.74, 6) is 1.48. The normalized spacial score (nSPS) is 15.0. The largest absolute Gasteiger partial charge is 0.456 e. The number of aromatic nitrogens is 4. The van der Waals surface area contributed by atoms with E-state index in [2.05, 4.69) is 20.5 Å². The third-order valence-electron chi connectivity index (χ3n) is 5.07. The molecule has 6 nitrogen and oxygen atoms in total. The van der Waals surface area contributed by atoms with Gasteiger partial charge >= 0.3 is 0 Å². The zero-order chi connectivity index (χ0) is 18.8. The van der Waals surface area contributed by atoms with Crippen molar-refractivity contribution in [2.24, 2.45) is 0 Å². The van der Waals surface area contributed by atoms with Crippen LogP contribution in [0.1, 0.15) is 32.1 Å². The van der Waals surface area contributed by atoms with Crippen LogP contribution in [-0.2, 0) is 0 Å². The van der Waals surface area contributed by atoms with Gasteiger partial charge in [0.1, 0.15) is 11.5 Å². The Bertz CT molecular complexity index is 1070. The lowest BCUT2D eigenvalue weighted by atomic mass is 9.96. The number of nitrogens with zero attached hydrogens (tertiary/aromatic N) is 3. The molecule has 3 heterocycles. The average Bonchev–Trinajstić information content (AvgIpc) is 3.38. The monoisotopic (exact) mass is 391 g/mol. The molecule has 142 valence electrons. The van der Waals surface area contributed by atoms with Gasteiger partial charge in [0, 0.05) is 35.6 Å². The number of hydrogen-bond acceptors (Lipinski definition) is 6. The molecular weight excluding hydrogens is 370 g/mol. The van der Waals surface area contributed by atoms with Crippen LogP contribution in [0.3, 0.4) is 0 Å². The predicted octanol–water partition coefficient (Wildman–Crippen LogP) is 5.62. The summed E-state index contributed by atoms with van der Waals surface area (Å²) in [5, 5.41) is 11.4. The molecule has 0 atom stereocenters. The average molecular weight is 392 g/mol. The van der Waals surface area contributed by atoms with E-state index in [-0.39, 0.29) is 0 Å². The van der Waals surface area contributed by atoms with Crippen molar-refractivity contribution in [3.8, 4) is 22.6 Å². The zero-order valence-corrected chi connectivity index (χ0v) is 16.2. The van der Waals surface area contributed by atoms with Gasteiger partial charge < -0.3 is 10.1 Å². The standard InChI is InChI=1S/C21H21N5OS/c1-2-4-16(5-3-1)25-21-26-19-7-6-17(9-20(19)28-21)27-18-8-14(10-22-13-18)15-11-23-24-12-15/h6-13,16H,1-5H2,(H,23,24)(H,25,26). The first-order valence-corrected chi connectivity index (χ1v) is 10.4. The van der Waals surface area contributed by atoms with E-state index in [1.54, 1.807) is 29.9 Å². The highest BCUT2D eigenvalue weighted by atomic mass is 32.1. The van der Waals surface area contributed by atoms with Crippen LogP contribution in [0.15, 0.2) is 49.1 Å². The van der Waals surface area contributed by atoms with Crippen LogP contribution in [0.25, 0.3) is 21.3 Å². The van der Waals surface area contributed by atoms with Crippen molar-refractivity contribution in [3.05, 3.63) is 49.1 Å². The Kier molecular flexibility index (Phi) is 4.66. The summed E-state index contributed by atoms with van der Waals surface area (Å²) in [4.78, 5) is 9.01. The molecule has 0 spiro atoms. The van der Waals surface area contributed by atoms with Crippen molar-refractivity contribution in [3.63, 3.8) is 0 Å². The number of fused-ring (bicyclic) bond motifs is 1. The van der Waals surface area contributed by atoms with E-state index < -0.39 is 0 Å². The third kappa shape index (κ3) is 3.71. The molecule has 0 bridgehead atoms. The highest BCUT2D eigenvalue weighted by Gasteiger charge is 2.15. The zero-order valence-electron chi connectivity index (χ0n) is 15.4. The van der Waals surface area contributed by atoms with Crippen LogP contribution in [0, 0.1) is 0 Å². The first-order chi connectivity index (χ1) is 13.8. The van der Waals surface area contributed by atoms with Gasteiger partial charge in [-0.25, -0.2) is 4.98 Å². The maximum absolute atomic E-state index is 6.05. The smallest absolute Gasteiger partial charge is 0.184 e. The summed E-state index contributed by atoms with van der Waals surface area (Å²) >= 11 is 1.69. The minimum Gasteiger partial charge on any atom is -0.456 e. The molecule has 1 saturated carbocycles. The molecule has 0 unspecified atom stereocenters. The van der Waals surface area contributed by atoms with E-state index in [1.807, 2.05) is 30.5 Å². The number of pyridine rings is 1. The van der Waals surface area contributed by atoms with Crippen LogP contribution in [-0.4, -0.2) is 26.2 Å². The van der Waals surface area contributed by atoms with Gasteiger partial charge in [0.15, 0.2) is 5.13 Å². The fraction of sp³-hybridized carbons (Fsp3) is 0.286. The summed E-state index contributed by atoms with van der Waals surface area (Å²) in [6.45, 7) is 0. The molecule has 0 saturated heterocycles. The van der Waals surface area contributed by atoms with Crippen molar-refractivity contribution in [2.75, 3.05) is 5.32 Å². The quantitative estimate of drug-likeness (QED) is 0.462. The molecule has 4 aromatic rings. The van der Waals surface area contributed by atoms with Crippen molar-refractivity contribution in [1.29, 1.82) is 0 Å². The van der Waals surface area contributed by atoms with Gasteiger partial charge in [0.2, 0.25) is 0 Å². The molecule has 5 rings (SSSR count). The number of benzene rings is 1. The molecule has 2 N–H and O–H groups in total. The van der Waals surface area contributed by atoms with Crippen molar-refractivity contribution >= 4 is 26.7 Å². The minimum atomic E-state index is 0.557. The summed E-state index contributed by atoms with van der Waals surface area (Å²) in [6, 6.07) is 8.54. The van der Waals surface area contributed by atoms with E-state index in [0.717, 1.165) is 32.2 Å². The molecule has 0 radical (unpaired) electrons. The summed E-state index contributed by atoms with van der Waals surface area (Å²) in [5.41, 5.74) is 2.94. The Morgan fingerprint density at radius 2 is 1.93 bits per heavy atom. The molecule has 1 fully saturated rings. The van der Waals surface area contributed by atoms with Crippen molar-refractivity contribution in [2.45, 2.75) is 38.1 Å². The van der Waals surface area contributed by atoms with Gasteiger partial charge in [-0.15, -0.1) is 0 Å². The van der Waals surface area contributed by atoms with Crippen LogP contribution in [0.5, 0.6) is 11.5 Å². The molecule has 0 aliphatic heterocycles. The number of thiazole rings is 1. The molecule has 1 aliphatic rings. The van der Waals surface area contributed by atoms with Crippen LogP contribution >= 0.6 is 11.3 Å². The molecule has 1 aromatic carbocycles. The fourth-order valence-corrected chi connectivity index (χ4v) is 4.60. The Morgan fingerprint density at radius 3 is 2.79 bits per heavy atom. The highest BCUT2D eigenvalue weighted by Crippen LogP contribution is 2.33. The molecule has 0 amide bonds. The SMILES string of the molecule is c1cc2nc(NC3CCCCC3)sc2cc1Oc1cncc(-c2cn[nH]c2)c1. The number of nitrogens with one attached hydrogen (secondary N) is 2. The summed E-state index contributed by atoms with van der Waals surface area (Å²) in [7, 11) is 0. The second-order valence-electron chi connectivity index (χ2n) is 7.13. The molecule has 3 aromatic heterocycles. The minimum absolute atomic E-state index is 0.557. The van der Waals surface area contributed by atoms with Crippen molar-refractivity contribution < 1.29 is 4.74 Å². The predicted molar refractivity (Wildman–Crippen MR) is 112 cm³/mol. The number of H-pyrrole nitrogens is 1. The van der Waals surface area contributed by atoms with Gasteiger partial charge in [-0.3, -0.25) is 10.1 Å². The fourth-order valence-electron chi connectivity index (χ4n) is 3.63. The summed E-state index contributed by atoms with van der Waals surface area (Å²) in [6.07, 6.45) is 13.6. The lowest BCUT2D eigenvalue weighted by molar-refractivity contribution is 0.462. The number of anilines is 1. The number of aromatic amines is 1. The lowest BCUT2D eigenvalue weighted by Crippen LogP contribution is -2.21. The molecular formula is C21H21N5OS. The van der Waals surface area contributed by atoms with Gasteiger partial charge in [-0.05, 0) is 31.0 Å². The van der Waals surface area contributed by atoms with Crippen LogP contribution in [0.2, 0.25) is 0 Å². The van der Waals surface area contributed by atoms with E-state index in [0.29, 0.717) is 11.8 Å². The highest BCUT2D eigenvalue weighted by molar-refractivity contribution is 7.22. The van der Waals surface area contributed by atoms with Gasteiger partial charge in [-0.1, -0.05) is 30.6 Å². The Balaban J connectivity index is 1.34. The van der Waals surface area contributed by atoms with Crippen LogP contribution < -0.4 is 10.1 Å². The van der Waals surface area contributed by atoms with Gasteiger partial charge in [0.05, 0.1) is 22.6 Å². The van der Waals surface area contributed by atoms with Crippen molar-refractivity contribution in [1.82, 2.24) is 20.2 Å². The molecule has 1 aliphatic carbocycles. The summed E-state index contributed by atoms with van der Waals surface area (Å²) < 4.78 is 7.17. The first kappa shape index (κ1) is 17.2. The Hall–Kier alpha value is -2.93. The van der Waals surface area contributed by atoms with E-state index in [1.165, 1.54) is 32.1 Å². The number of ether oxygens (including phenoxy) is 1. The van der Waals surface area contributed by atoms with E-state index in [4.69, 9.17) is 9.72 Å². The topological polar surface area (TPSA) is 75.7 Å². The first-order valence-electron chi connectivity index (χ1n) is 9.63. The lowest BCUT2D eigenvalue weighted by Gasteiger charge is -2.22. The third-order valence-corrected chi connectivity index (χ3v) is 6.02. The van der Waals surface area contributed by atoms with E-state index >= 15 is 0 Å². The number of rotatable bonds is 5. The second kappa shape index (κ2) is 7.59. The van der Waals surface area contributed by atoms with E-state index in [9.17, 15) is 0 Å².